The number of sulfone groups is 1. The molecule has 1 unspecified atom stereocenters. The van der Waals surface area contributed by atoms with E-state index in [9.17, 15) is 22.4 Å². The molecule has 9 heteroatoms. The van der Waals surface area contributed by atoms with Crippen LogP contribution in [0.25, 0.3) is 0 Å². The summed E-state index contributed by atoms with van der Waals surface area (Å²) in [5.41, 5.74) is 1.11. The topological polar surface area (TPSA) is 102 Å². The highest BCUT2D eigenvalue weighted by atomic mass is 32.2. The van der Waals surface area contributed by atoms with E-state index in [1.54, 1.807) is 12.1 Å². The molecule has 0 fully saturated rings. The summed E-state index contributed by atoms with van der Waals surface area (Å²) in [7, 11) is -3.77. The number of amides is 2. The van der Waals surface area contributed by atoms with Crippen molar-refractivity contribution in [1.29, 1.82) is 0 Å². The number of rotatable bonds is 6. The monoisotopic (exact) mass is 406 g/mol. The molecule has 0 saturated heterocycles. The number of nitrogens with one attached hydrogen (secondary N) is 2. The Kier molecular flexibility index (Phi) is 5.64. The fourth-order valence-corrected chi connectivity index (χ4v) is 4.07. The average molecular weight is 406 g/mol. The van der Waals surface area contributed by atoms with Crippen LogP contribution in [0.4, 0.5) is 10.1 Å². The van der Waals surface area contributed by atoms with E-state index in [1.165, 1.54) is 37.3 Å². The van der Waals surface area contributed by atoms with Crippen molar-refractivity contribution in [3.63, 3.8) is 0 Å². The van der Waals surface area contributed by atoms with Crippen LogP contribution in [-0.2, 0) is 26.0 Å². The largest absolute Gasteiger partial charge is 0.482 e. The van der Waals surface area contributed by atoms with Gasteiger partial charge in [0.1, 0.15) is 11.6 Å². The van der Waals surface area contributed by atoms with Crippen LogP contribution in [0.5, 0.6) is 5.75 Å². The Hall–Kier alpha value is -2.94. The van der Waals surface area contributed by atoms with Crippen molar-refractivity contribution >= 4 is 27.3 Å². The van der Waals surface area contributed by atoms with Gasteiger partial charge in [0.05, 0.1) is 15.8 Å². The molecule has 0 bridgehead atoms. The summed E-state index contributed by atoms with van der Waals surface area (Å²) in [5.74, 6) is -0.840. The molecule has 0 aliphatic carbocycles. The number of ether oxygens (including phenoxy) is 1. The van der Waals surface area contributed by atoms with E-state index in [0.29, 0.717) is 11.3 Å². The Balaban J connectivity index is 1.64. The van der Waals surface area contributed by atoms with Crippen molar-refractivity contribution in [2.45, 2.75) is 30.0 Å². The predicted molar refractivity (Wildman–Crippen MR) is 100 cm³/mol. The third-order valence-corrected chi connectivity index (χ3v) is 6.46. The maximum absolute atomic E-state index is 12.9. The van der Waals surface area contributed by atoms with Crippen LogP contribution in [-0.4, -0.2) is 32.1 Å². The summed E-state index contributed by atoms with van der Waals surface area (Å²) in [6, 6.07) is 9.83. The van der Waals surface area contributed by atoms with Crippen LogP contribution in [0.1, 0.15) is 18.9 Å². The Morgan fingerprint density at radius 1 is 1.25 bits per heavy atom. The molecule has 7 nitrogen and oxygen atoms in total. The van der Waals surface area contributed by atoms with Crippen molar-refractivity contribution in [3.05, 3.63) is 53.8 Å². The molecule has 148 valence electrons. The van der Waals surface area contributed by atoms with Gasteiger partial charge in [0, 0.05) is 19.0 Å². The summed E-state index contributed by atoms with van der Waals surface area (Å²) in [6.45, 7) is 1.45. The number of fused-ring (bicyclic) bond motifs is 1. The minimum atomic E-state index is -3.77. The molecular formula is C19H19FN2O5S. The molecule has 0 radical (unpaired) electrons. The first-order valence-electron chi connectivity index (χ1n) is 8.57. The predicted octanol–water partition coefficient (Wildman–Crippen LogP) is 2.03. The lowest BCUT2D eigenvalue weighted by atomic mass is 10.2. The second kappa shape index (κ2) is 7.97. The highest BCUT2D eigenvalue weighted by molar-refractivity contribution is 7.92. The van der Waals surface area contributed by atoms with Gasteiger partial charge < -0.3 is 15.4 Å². The van der Waals surface area contributed by atoms with E-state index in [1.807, 2.05) is 0 Å². The first-order chi connectivity index (χ1) is 13.3. The first kappa shape index (κ1) is 19.8. The molecule has 1 aliphatic rings. The van der Waals surface area contributed by atoms with Gasteiger partial charge in [-0.15, -0.1) is 0 Å². The first-order valence-corrected chi connectivity index (χ1v) is 10.1. The zero-order valence-corrected chi connectivity index (χ0v) is 15.9. The van der Waals surface area contributed by atoms with Crippen LogP contribution in [0.15, 0.2) is 47.4 Å². The van der Waals surface area contributed by atoms with Crippen molar-refractivity contribution in [3.8, 4) is 5.75 Å². The molecule has 3 rings (SSSR count). The molecule has 28 heavy (non-hydrogen) atoms. The lowest BCUT2D eigenvalue weighted by Gasteiger charge is -2.19. The molecule has 2 aromatic rings. The zero-order chi connectivity index (χ0) is 20.3. The van der Waals surface area contributed by atoms with Gasteiger partial charge in [0.25, 0.3) is 5.91 Å². The van der Waals surface area contributed by atoms with Crippen LogP contribution in [0.3, 0.4) is 0 Å². The lowest BCUT2D eigenvalue weighted by molar-refractivity contribution is -0.121. The Morgan fingerprint density at radius 3 is 2.68 bits per heavy atom. The Bertz CT molecular complexity index is 1010. The summed E-state index contributed by atoms with van der Waals surface area (Å²) in [6.07, 6.45) is -0.224. The molecule has 0 saturated carbocycles. The molecule has 2 N–H and O–H groups in total. The zero-order valence-electron chi connectivity index (χ0n) is 15.1. The van der Waals surface area contributed by atoms with Gasteiger partial charge >= 0.3 is 0 Å². The highest BCUT2D eigenvalue weighted by Gasteiger charge is 2.27. The fraction of sp³-hybridized carbons (Fsp3) is 0.263. The highest BCUT2D eigenvalue weighted by Crippen LogP contribution is 2.31. The van der Waals surface area contributed by atoms with E-state index in [0.717, 1.165) is 0 Å². The molecule has 1 aliphatic heterocycles. The van der Waals surface area contributed by atoms with E-state index < -0.39 is 21.0 Å². The molecule has 1 atom stereocenters. The van der Waals surface area contributed by atoms with Crippen molar-refractivity contribution in [2.24, 2.45) is 0 Å². The maximum Gasteiger partial charge on any atom is 0.262 e. The van der Waals surface area contributed by atoms with Crippen LogP contribution >= 0.6 is 0 Å². The lowest BCUT2D eigenvalue weighted by Crippen LogP contribution is -2.30. The number of anilines is 1. The second-order valence-corrected chi connectivity index (χ2v) is 8.82. The average Bonchev–Trinajstić information content (AvgIpc) is 2.67. The van der Waals surface area contributed by atoms with Crippen molar-refractivity contribution < 1.29 is 27.1 Å². The summed E-state index contributed by atoms with van der Waals surface area (Å²) in [5, 5.41) is 4.26. The van der Waals surface area contributed by atoms with Gasteiger partial charge in [0.15, 0.2) is 16.4 Å². The Morgan fingerprint density at radius 2 is 1.96 bits per heavy atom. The van der Waals surface area contributed by atoms with Gasteiger partial charge in [-0.2, -0.15) is 0 Å². The third-order valence-electron chi connectivity index (χ3n) is 4.32. The molecule has 2 aromatic carbocycles. The molecule has 1 heterocycles. The molecule has 0 spiro atoms. The number of hydrogen-bond donors (Lipinski definition) is 2. The van der Waals surface area contributed by atoms with Gasteiger partial charge in [-0.1, -0.05) is 12.1 Å². The molecule has 0 aromatic heterocycles. The van der Waals surface area contributed by atoms with Crippen molar-refractivity contribution in [1.82, 2.24) is 5.32 Å². The minimum Gasteiger partial charge on any atom is -0.482 e. The van der Waals surface area contributed by atoms with Gasteiger partial charge in [-0.3, -0.25) is 9.59 Å². The van der Waals surface area contributed by atoms with E-state index in [-0.39, 0.29) is 41.9 Å². The normalized spacial score (nSPS) is 14.4. The number of hydrogen-bond acceptors (Lipinski definition) is 5. The standard InChI is InChI=1S/C19H19FN2O5S/c1-12(8-18(23)21-10-13-2-4-14(20)5-3-13)28(25,26)15-6-7-16-17(9-15)27-11-19(24)22-16/h2-7,9,12H,8,10-11H2,1H3,(H,21,23)(H,22,24). The third kappa shape index (κ3) is 4.48. The number of carbonyl (C=O) groups is 2. The quantitative estimate of drug-likeness (QED) is 0.764. The number of halogens is 1. The summed E-state index contributed by atoms with van der Waals surface area (Å²) >= 11 is 0. The summed E-state index contributed by atoms with van der Waals surface area (Å²) in [4.78, 5) is 23.4. The van der Waals surface area contributed by atoms with Gasteiger partial charge in [0.2, 0.25) is 5.91 Å². The van der Waals surface area contributed by atoms with E-state index >= 15 is 0 Å². The van der Waals surface area contributed by atoms with E-state index in [4.69, 9.17) is 4.74 Å². The SMILES string of the molecule is CC(CC(=O)NCc1ccc(F)cc1)S(=O)(=O)c1ccc2c(c1)OCC(=O)N2. The van der Waals surface area contributed by atoms with E-state index in [2.05, 4.69) is 10.6 Å². The fourth-order valence-electron chi connectivity index (χ4n) is 2.71. The van der Waals surface area contributed by atoms with Crippen LogP contribution in [0, 0.1) is 5.82 Å². The van der Waals surface area contributed by atoms with Crippen molar-refractivity contribution in [2.75, 3.05) is 11.9 Å². The van der Waals surface area contributed by atoms with Gasteiger partial charge in [-0.05, 0) is 36.8 Å². The smallest absolute Gasteiger partial charge is 0.262 e. The van der Waals surface area contributed by atoms with Gasteiger partial charge in [-0.25, -0.2) is 12.8 Å². The number of benzene rings is 2. The van der Waals surface area contributed by atoms with Crippen LogP contribution < -0.4 is 15.4 Å². The summed E-state index contributed by atoms with van der Waals surface area (Å²) < 4.78 is 43.7. The van der Waals surface area contributed by atoms with Crippen LogP contribution in [0.2, 0.25) is 0 Å². The maximum atomic E-state index is 12.9. The molecule has 2 amide bonds. The number of carbonyl (C=O) groups excluding carboxylic acids is 2. The minimum absolute atomic E-state index is 0.0150. The second-order valence-electron chi connectivity index (χ2n) is 6.46. The molecular weight excluding hydrogens is 387 g/mol. The Labute approximate surface area is 161 Å².